The number of aldehydes is 1. The van der Waals surface area contributed by atoms with E-state index in [-0.39, 0.29) is 12.8 Å². The summed E-state index contributed by atoms with van der Waals surface area (Å²) in [7, 11) is 0. The SMILES string of the molecule is NCCC[C@@H](C=O)NC(=O)[C@@H](N)CCC(=O)O. The maximum absolute atomic E-state index is 11.5. The molecule has 6 N–H and O–H groups in total. The fourth-order valence-electron chi connectivity index (χ4n) is 1.21. The van der Waals surface area contributed by atoms with Crippen molar-refractivity contribution in [2.24, 2.45) is 11.5 Å². The van der Waals surface area contributed by atoms with Gasteiger partial charge in [-0.15, -0.1) is 0 Å². The molecule has 0 bridgehead atoms. The Morgan fingerprint density at radius 2 is 2.00 bits per heavy atom. The van der Waals surface area contributed by atoms with Crippen LogP contribution in [-0.4, -0.2) is 41.9 Å². The molecule has 0 aromatic rings. The molecule has 0 spiro atoms. The maximum atomic E-state index is 11.5. The van der Waals surface area contributed by atoms with E-state index in [1.165, 1.54) is 0 Å². The number of rotatable bonds is 9. The zero-order valence-corrected chi connectivity index (χ0v) is 9.59. The Labute approximate surface area is 99.5 Å². The third kappa shape index (κ3) is 7.42. The van der Waals surface area contributed by atoms with Gasteiger partial charge in [0.1, 0.15) is 6.29 Å². The smallest absolute Gasteiger partial charge is 0.303 e. The quantitative estimate of drug-likeness (QED) is 0.369. The van der Waals surface area contributed by atoms with Gasteiger partial charge in [0.15, 0.2) is 0 Å². The van der Waals surface area contributed by atoms with Gasteiger partial charge in [-0.2, -0.15) is 0 Å². The summed E-state index contributed by atoms with van der Waals surface area (Å²) in [6.07, 6.45) is 1.57. The minimum atomic E-state index is -1.01. The Balaban J connectivity index is 4.02. The number of hydrogen-bond acceptors (Lipinski definition) is 5. The van der Waals surface area contributed by atoms with Gasteiger partial charge in [-0.05, 0) is 25.8 Å². The molecule has 98 valence electrons. The molecule has 1 amide bonds. The molecule has 0 heterocycles. The number of nitrogens with two attached hydrogens (primary N) is 2. The highest BCUT2D eigenvalue weighted by atomic mass is 16.4. The Kier molecular flexibility index (Phi) is 7.91. The molecule has 7 heteroatoms. The Morgan fingerprint density at radius 3 is 2.47 bits per heavy atom. The van der Waals surface area contributed by atoms with E-state index in [4.69, 9.17) is 16.6 Å². The Bertz CT molecular complexity index is 270. The van der Waals surface area contributed by atoms with Gasteiger partial charge in [0.2, 0.25) is 5.91 Å². The minimum Gasteiger partial charge on any atom is -0.481 e. The first kappa shape index (κ1) is 15.5. The molecule has 0 saturated heterocycles. The van der Waals surface area contributed by atoms with Crippen LogP contribution >= 0.6 is 0 Å². The summed E-state index contributed by atoms with van der Waals surface area (Å²) in [6.45, 7) is 0.436. The van der Waals surface area contributed by atoms with Crippen molar-refractivity contribution in [3.63, 3.8) is 0 Å². The highest BCUT2D eigenvalue weighted by Gasteiger charge is 2.18. The van der Waals surface area contributed by atoms with Crippen LogP contribution in [0.15, 0.2) is 0 Å². The molecule has 0 aliphatic rings. The predicted molar refractivity (Wildman–Crippen MR) is 61.1 cm³/mol. The van der Waals surface area contributed by atoms with E-state index in [0.717, 1.165) is 0 Å². The predicted octanol–water partition coefficient (Wildman–Crippen LogP) is -1.40. The molecule has 7 nitrogen and oxygen atoms in total. The van der Waals surface area contributed by atoms with Crippen LogP contribution in [-0.2, 0) is 14.4 Å². The Morgan fingerprint density at radius 1 is 1.35 bits per heavy atom. The fraction of sp³-hybridized carbons (Fsp3) is 0.700. The van der Waals surface area contributed by atoms with Crippen molar-refractivity contribution in [3.05, 3.63) is 0 Å². The van der Waals surface area contributed by atoms with Gasteiger partial charge in [0, 0.05) is 6.42 Å². The van der Waals surface area contributed by atoms with Gasteiger partial charge in [0.05, 0.1) is 12.1 Å². The van der Waals surface area contributed by atoms with Crippen molar-refractivity contribution in [3.8, 4) is 0 Å². The molecule has 0 aromatic carbocycles. The fourth-order valence-corrected chi connectivity index (χ4v) is 1.21. The first-order valence-corrected chi connectivity index (χ1v) is 5.44. The van der Waals surface area contributed by atoms with Crippen molar-refractivity contribution in [1.29, 1.82) is 0 Å². The second-order valence-electron chi connectivity index (χ2n) is 3.72. The largest absolute Gasteiger partial charge is 0.481 e. The van der Waals surface area contributed by atoms with E-state index in [1.54, 1.807) is 0 Å². The molecule has 2 atom stereocenters. The monoisotopic (exact) mass is 245 g/mol. The van der Waals surface area contributed by atoms with Gasteiger partial charge < -0.3 is 26.7 Å². The standard InChI is InChI=1S/C10H19N3O4/c11-5-1-2-7(6-14)13-10(17)8(12)3-4-9(15)16/h6-8H,1-5,11-12H2,(H,13,17)(H,15,16)/t7-,8-/m0/s1. The summed E-state index contributed by atoms with van der Waals surface area (Å²) in [5.74, 6) is -1.52. The van der Waals surface area contributed by atoms with Gasteiger partial charge in [-0.3, -0.25) is 9.59 Å². The summed E-state index contributed by atoms with van der Waals surface area (Å²) in [5, 5.41) is 10.9. The van der Waals surface area contributed by atoms with Gasteiger partial charge in [0.25, 0.3) is 0 Å². The average Bonchev–Trinajstić information content (AvgIpc) is 2.30. The number of aliphatic carboxylic acids is 1. The molecular formula is C10H19N3O4. The van der Waals surface area contributed by atoms with Crippen LogP contribution in [0.4, 0.5) is 0 Å². The summed E-state index contributed by atoms with van der Waals surface area (Å²) < 4.78 is 0. The van der Waals surface area contributed by atoms with E-state index in [1.807, 2.05) is 0 Å². The lowest BCUT2D eigenvalue weighted by Crippen LogP contribution is -2.46. The summed E-state index contributed by atoms with van der Waals surface area (Å²) in [5.41, 5.74) is 10.8. The van der Waals surface area contributed by atoms with Crippen LogP contribution < -0.4 is 16.8 Å². The van der Waals surface area contributed by atoms with Crippen molar-refractivity contribution in [2.75, 3.05) is 6.54 Å². The first-order valence-electron chi connectivity index (χ1n) is 5.44. The lowest BCUT2D eigenvalue weighted by molar-refractivity contribution is -0.137. The molecule has 0 rings (SSSR count). The van der Waals surface area contributed by atoms with Crippen LogP contribution in [0.2, 0.25) is 0 Å². The number of nitrogens with one attached hydrogen (secondary N) is 1. The third-order valence-corrected chi connectivity index (χ3v) is 2.22. The van der Waals surface area contributed by atoms with Crippen LogP contribution in [0.5, 0.6) is 0 Å². The molecule has 0 aliphatic heterocycles. The van der Waals surface area contributed by atoms with E-state index in [2.05, 4.69) is 5.32 Å². The summed E-state index contributed by atoms with van der Waals surface area (Å²) in [6, 6.07) is -1.52. The number of carbonyl (C=O) groups is 3. The zero-order chi connectivity index (χ0) is 13.3. The first-order chi connectivity index (χ1) is 8.01. The van der Waals surface area contributed by atoms with Gasteiger partial charge in [-0.1, -0.05) is 0 Å². The topological polar surface area (TPSA) is 136 Å². The van der Waals surface area contributed by atoms with Crippen LogP contribution in [0, 0.1) is 0 Å². The molecule has 0 saturated carbocycles. The minimum absolute atomic E-state index is 0.0453. The number of amides is 1. The molecule has 0 fully saturated rings. The Hall–Kier alpha value is -1.47. The molecule has 0 unspecified atom stereocenters. The molecular weight excluding hydrogens is 226 g/mol. The van der Waals surface area contributed by atoms with Gasteiger partial charge >= 0.3 is 5.97 Å². The molecule has 0 aromatic heterocycles. The second kappa shape index (κ2) is 8.66. The summed E-state index contributed by atoms with van der Waals surface area (Å²) >= 11 is 0. The molecule has 0 radical (unpaired) electrons. The van der Waals surface area contributed by atoms with Crippen molar-refractivity contribution in [1.82, 2.24) is 5.32 Å². The van der Waals surface area contributed by atoms with E-state index >= 15 is 0 Å². The lowest BCUT2D eigenvalue weighted by Gasteiger charge is -2.15. The summed E-state index contributed by atoms with van der Waals surface area (Å²) in [4.78, 5) is 32.4. The highest BCUT2D eigenvalue weighted by molar-refractivity contribution is 5.84. The highest BCUT2D eigenvalue weighted by Crippen LogP contribution is 1.98. The average molecular weight is 245 g/mol. The van der Waals surface area contributed by atoms with Crippen molar-refractivity contribution >= 4 is 18.2 Å². The zero-order valence-electron chi connectivity index (χ0n) is 9.59. The van der Waals surface area contributed by atoms with E-state index in [9.17, 15) is 14.4 Å². The van der Waals surface area contributed by atoms with E-state index in [0.29, 0.717) is 25.7 Å². The number of carboxylic acid groups (broad SMARTS) is 1. The van der Waals surface area contributed by atoms with Crippen LogP contribution in [0.3, 0.4) is 0 Å². The van der Waals surface area contributed by atoms with E-state index < -0.39 is 24.0 Å². The van der Waals surface area contributed by atoms with Crippen molar-refractivity contribution < 1.29 is 19.5 Å². The normalized spacial score (nSPS) is 13.8. The van der Waals surface area contributed by atoms with Crippen molar-refractivity contribution in [2.45, 2.75) is 37.8 Å². The van der Waals surface area contributed by atoms with Gasteiger partial charge in [-0.25, -0.2) is 0 Å². The van der Waals surface area contributed by atoms with Crippen LogP contribution in [0.25, 0.3) is 0 Å². The maximum Gasteiger partial charge on any atom is 0.303 e. The lowest BCUT2D eigenvalue weighted by atomic mass is 10.1. The second-order valence-corrected chi connectivity index (χ2v) is 3.72. The molecule has 17 heavy (non-hydrogen) atoms. The third-order valence-electron chi connectivity index (χ3n) is 2.22. The number of hydrogen-bond donors (Lipinski definition) is 4. The number of carboxylic acids is 1. The number of carbonyl (C=O) groups excluding carboxylic acids is 2. The molecule has 0 aliphatic carbocycles. The van der Waals surface area contributed by atoms with Crippen LogP contribution in [0.1, 0.15) is 25.7 Å².